The Balaban J connectivity index is 1.48. The normalized spacial score (nSPS) is 12.3. The zero-order valence-electron chi connectivity index (χ0n) is 13.7. The van der Waals surface area contributed by atoms with Crippen LogP contribution >= 0.6 is 0 Å². The fourth-order valence-electron chi connectivity index (χ4n) is 2.88. The Morgan fingerprint density at radius 2 is 1.96 bits per heavy atom. The number of hydrogen-bond donors (Lipinski definition) is 1. The number of halogens is 1. The Morgan fingerprint density at radius 1 is 1.12 bits per heavy atom. The first-order chi connectivity index (χ1) is 12.6. The number of pyridine rings is 1. The van der Waals surface area contributed by atoms with Crippen LogP contribution in [0.5, 0.6) is 11.5 Å². The van der Waals surface area contributed by atoms with Gasteiger partial charge >= 0.3 is 0 Å². The van der Waals surface area contributed by atoms with E-state index in [9.17, 15) is 14.0 Å². The van der Waals surface area contributed by atoms with Crippen LogP contribution in [0, 0.1) is 5.82 Å². The molecule has 6 nitrogen and oxygen atoms in total. The number of amides is 1. The van der Waals surface area contributed by atoms with Crippen LogP contribution in [0.3, 0.4) is 0 Å². The van der Waals surface area contributed by atoms with E-state index in [1.54, 1.807) is 10.6 Å². The van der Waals surface area contributed by atoms with E-state index in [1.807, 2.05) is 12.1 Å². The van der Waals surface area contributed by atoms with Crippen molar-refractivity contribution in [2.24, 2.45) is 0 Å². The van der Waals surface area contributed by atoms with E-state index < -0.39 is 5.82 Å². The molecule has 26 heavy (non-hydrogen) atoms. The Morgan fingerprint density at radius 3 is 2.85 bits per heavy atom. The van der Waals surface area contributed by atoms with Crippen molar-refractivity contribution in [1.29, 1.82) is 0 Å². The number of rotatable bonds is 4. The Bertz CT molecular complexity index is 1060. The molecular weight excluding hydrogens is 339 g/mol. The number of carbonyl (C=O) groups excluding carboxylic acids is 1. The highest BCUT2D eigenvalue weighted by Gasteiger charge is 2.13. The van der Waals surface area contributed by atoms with Crippen LogP contribution in [0.15, 0.2) is 53.5 Å². The minimum atomic E-state index is -0.486. The van der Waals surface area contributed by atoms with E-state index in [0.717, 1.165) is 5.56 Å². The lowest BCUT2D eigenvalue weighted by Gasteiger charge is -2.11. The molecule has 7 heteroatoms. The van der Waals surface area contributed by atoms with Crippen molar-refractivity contribution in [3.8, 4) is 11.5 Å². The molecule has 0 spiro atoms. The highest BCUT2D eigenvalue weighted by atomic mass is 19.1. The second kappa shape index (κ2) is 6.51. The molecular formula is C19H15FN2O4. The van der Waals surface area contributed by atoms with Gasteiger partial charge in [-0.2, -0.15) is 0 Å². The van der Waals surface area contributed by atoms with Crippen LogP contribution in [-0.2, 0) is 17.9 Å². The van der Waals surface area contributed by atoms with Crippen LogP contribution in [0.25, 0.3) is 10.9 Å². The van der Waals surface area contributed by atoms with Gasteiger partial charge in [-0.3, -0.25) is 9.59 Å². The maximum atomic E-state index is 13.4. The largest absolute Gasteiger partial charge is 0.454 e. The fourth-order valence-corrected chi connectivity index (χ4v) is 2.88. The molecule has 0 saturated heterocycles. The van der Waals surface area contributed by atoms with E-state index >= 15 is 0 Å². The quantitative estimate of drug-likeness (QED) is 0.780. The van der Waals surface area contributed by atoms with Gasteiger partial charge in [0.15, 0.2) is 16.9 Å². The predicted molar refractivity (Wildman–Crippen MR) is 92.6 cm³/mol. The molecule has 0 fully saturated rings. The molecule has 1 aromatic heterocycles. The lowest BCUT2D eigenvalue weighted by molar-refractivity contribution is -0.121. The highest BCUT2D eigenvalue weighted by Crippen LogP contribution is 2.32. The van der Waals surface area contributed by atoms with Crippen molar-refractivity contribution in [1.82, 2.24) is 9.88 Å². The molecule has 0 saturated carbocycles. The zero-order valence-corrected chi connectivity index (χ0v) is 13.7. The molecule has 2 heterocycles. The van der Waals surface area contributed by atoms with Crippen LogP contribution in [0.4, 0.5) is 4.39 Å². The average molecular weight is 354 g/mol. The molecule has 132 valence electrons. The highest BCUT2D eigenvalue weighted by molar-refractivity contribution is 5.82. The van der Waals surface area contributed by atoms with Gasteiger partial charge in [0, 0.05) is 24.2 Å². The standard InChI is InChI=1S/C19H15FN2O4/c20-13-2-3-15-14(8-13)16(23)5-6-22(15)10-19(24)21-9-12-1-4-17-18(7-12)26-11-25-17/h1-8H,9-11H2,(H,21,24). The summed E-state index contributed by atoms with van der Waals surface area (Å²) in [6, 6.07) is 10.7. The molecule has 0 atom stereocenters. The van der Waals surface area contributed by atoms with Crippen molar-refractivity contribution in [2.75, 3.05) is 6.79 Å². The molecule has 1 aliphatic heterocycles. The lowest BCUT2D eigenvalue weighted by Crippen LogP contribution is -2.27. The topological polar surface area (TPSA) is 69.6 Å². The Labute approximate surface area is 147 Å². The summed E-state index contributed by atoms with van der Waals surface area (Å²) in [5.41, 5.74) is 1.11. The van der Waals surface area contributed by atoms with Gasteiger partial charge < -0.3 is 19.4 Å². The van der Waals surface area contributed by atoms with Gasteiger partial charge in [0.05, 0.1) is 5.52 Å². The summed E-state index contributed by atoms with van der Waals surface area (Å²) >= 11 is 0. The van der Waals surface area contributed by atoms with Crippen LogP contribution < -0.4 is 20.2 Å². The summed E-state index contributed by atoms with van der Waals surface area (Å²) in [4.78, 5) is 24.1. The Kier molecular flexibility index (Phi) is 4.04. The molecule has 1 N–H and O–H groups in total. The number of carbonyl (C=O) groups is 1. The summed E-state index contributed by atoms with van der Waals surface area (Å²) in [6.45, 7) is 0.556. The van der Waals surface area contributed by atoms with E-state index in [-0.39, 0.29) is 30.1 Å². The predicted octanol–water partition coefficient (Wildman–Crippen LogP) is 2.19. The fraction of sp³-hybridized carbons (Fsp3) is 0.158. The number of aromatic nitrogens is 1. The third kappa shape index (κ3) is 3.11. The molecule has 2 aromatic carbocycles. The monoisotopic (exact) mass is 354 g/mol. The second-order valence-corrected chi connectivity index (χ2v) is 5.93. The number of benzene rings is 2. The zero-order chi connectivity index (χ0) is 18.1. The van der Waals surface area contributed by atoms with Gasteiger partial charge in [-0.25, -0.2) is 4.39 Å². The maximum absolute atomic E-state index is 13.4. The molecule has 1 amide bonds. The summed E-state index contributed by atoms with van der Waals surface area (Å²) < 4.78 is 25.5. The van der Waals surface area contributed by atoms with Crippen molar-refractivity contribution in [2.45, 2.75) is 13.1 Å². The number of nitrogens with zero attached hydrogens (tertiary/aromatic N) is 1. The Hall–Kier alpha value is -3.35. The third-order valence-electron chi connectivity index (χ3n) is 4.18. The molecule has 0 bridgehead atoms. The smallest absolute Gasteiger partial charge is 0.240 e. The first-order valence-electron chi connectivity index (χ1n) is 8.04. The van der Waals surface area contributed by atoms with E-state index in [2.05, 4.69) is 5.32 Å². The van der Waals surface area contributed by atoms with Crippen molar-refractivity contribution >= 4 is 16.8 Å². The van der Waals surface area contributed by atoms with Crippen molar-refractivity contribution < 1.29 is 18.7 Å². The van der Waals surface area contributed by atoms with Gasteiger partial charge in [0.2, 0.25) is 12.7 Å². The summed E-state index contributed by atoms with van der Waals surface area (Å²) in [5.74, 6) is 0.633. The minimum absolute atomic E-state index is 0.0208. The van der Waals surface area contributed by atoms with Crippen molar-refractivity contribution in [3.05, 3.63) is 70.3 Å². The number of fused-ring (bicyclic) bond motifs is 2. The average Bonchev–Trinajstić information content (AvgIpc) is 3.10. The van der Waals surface area contributed by atoms with E-state index in [4.69, 9.17) is 9.47 Å². The van der Waals surface area contributed by atoms with E-state index in [0.29, 0.717) is 23.6 Å². The van der Waals surface area contributed by atoms with Gasteiger partial charge in [-0.05, 0) is 35.9 Å². The number of ether oxygens (including phenoxy) is 2. The van der Waals surface area contributed by atoms with Crippen LogP contribution in [-0.4, -0.2) is 17.3 Å². The lowest BCUT2D eigenvalue weighted by atomic mass is 10.2. The van der Waals surface area contributed by atoms with Gasteiger partial charge in [-0.15, -0.1) is 0 Å². The summed E-state index contributed by atoms with van der Waals surface area (Å²) in [5, 5.41) is 3.07. The van der Waals surface area contributed by atoms with Crippen molar-refractivity contribution in [3.63, 3.8) is 0 Å². The third-order valence-corrected chi connectivity index (χ3v) is 4.18. The van der Waals surface area contributed by atoms with Gasteiger partial charge in [-0.1, -0.05) is 6.07 Å². The number of nitrogens with one attached hydrogen (secondary N) is 1. The SMILES string of the molecule is O=C(Cn1ccc(=O)c2cc(F)ccc21)NCc1ccc2c(c1)OCO2. The first kappa shape index (κ1) is 16.1. The maximum Gasteiger partial charge on any atom is 0.240 e. The molecule has 0 aliphatic carbocycles. The molecule has 0 unspecified atom stereocenters. The molecule has 0 radical (unpaired) electrons. The van der Waals surface area contributed by atoms with Crippen LogP contribution in [0.1, 0.15) is 5.56 Å². The summed E-state index contributed by atoms with van der Waals surface area (Å²) in [6.07, 6.45) is 1.53. The van der Waals surface area contributed by atoms with Gasteiger partial charge in [0.1, 0.15) is 12.4 Å². The van der Waals surface area contributed by atoms with Crippen LogP contribution in [0.2, 0.25) is 0 Å². The molecule has 3 aromatic rings. The van der Waals surface area contributed by atoms with E-state index in [1.165, 1.54) is 30.5 Å². The minimum Gasteiger partial charge on any atom is -0.454 e. The second-order valence-electron chi connectivity index (χ2n) is 5.93. The molecule has 1 aliphatic rings. The first-order valence-corrected chi connectivity index (χ1v) is 8.04. The molecule has 4 rings (SSSR count). The number of hydrogen-bond acceptors (Lipinski definition) is 4. The van der Waals surface area contributed by atoms with Gasteiger partial charge in [0.25, 0.3) is 0 Å². The summed E-state index contributed by atoms with van der Waals surface area (Å²) in [7, 11) is 0.